The highest BCUT2D eigenvalue weighted by molar-refractivity contribution is 7.08. The average Bonchev–Trinajstić information content (AvgIpc) is 3.49. The first kappa shape index (κ1) is 19.0. The molecule has 0 aliphatic carbocycles. The van der Waals surface area contributed by atoms with Crippen LogP contribution in [0, 0.1) is 0 Å². The molecule has 2 amide bonds. The standard InChI is InChI=1S/C21H21N5O3S/c27-20(16-6-11-30-14-16)24-7-9-25(10-8-24)21(28)19-17-13-29-18(12-26(17)23-22-19)15-4-2-1-3-5-15/h1-6,11,14,18H,7-10,12-13H2/t18-/m0/s1. The van der Waals surface area contributed by atoms with Crippen molar-refractivity contribution in [2.24, 2.45) is 0 Å². The fraction of sp³-hybridized carbons (Fsp3) is 0.333. The first-order valence-electron chi connectivity index (χ1n) is 9.90. The van der Waals surface area contributed by atoms with E-state index in [9.17, 15) is 9.59 Å². The number of benzene rings is 1. The van der Waals surface area contributed by atoms with Gasteiger partial charge in [-0.25, -0.2) is 4.68 Å². The largest absolute Gasteiger partial charge is 0.365 e. The Labute approximate surface area is 177 Å². The summed E-state index contributed by atoms with van der Waals surface area (Å²) in [4.78, 5) is 29.1. The number of amides is 2. The van der Waals surface area contributed by atoms with Gasteiger partial charge in [-0.05, 0) is 17.0 Å². The molecular weight excluding hydrogens is 402 g/mol. The Morgan fingerprint density at radius 2 is 1.73 bits per heavy atom. The van der Waals surface area contributed by atoms with E-state index in [1.165, 1.54) is 11.3 Å². The number of piperazine rings is 1. The monoisotopic (exact) mass is 423 g/mol. The van der Waals surface area contributed by atoms with Crippen LogP contribution in [0.3, 0.4) is 0 Å². The van der Waals surface area contributed by atoms with Crippen molar-refractivity contribution in [1.29, 1.82) is 0 Å². The second kappa shape index (κ2) is 8.00. The van der Waals surface area contributed by atoms with Crippen LogP contribution in [0.15, 0.2) is 47.2 Å². The van der Waals surface area contributed by atoms with E-state index in [1.807, 2.05) is 47.2 Å². The van der Waals surface area contributed by atoms with Crippen molar-refractivity contribution < 1.29 is 14.3 Å². The number of nitrogens with zero attached hydrogens (tertiary/aromatic N) is 5. The maximum atomic E-state index is 13.0. The van der Waals surface area contributed by atoms with Gasteiger partial charge >= 0.3 is 0 Å². The minimum absolute atomic E-state index is 0.0183. The molecule has 2 aromatic heterocycles. The van der Waals surface area contributed by atoms with Gasteiger partial charge in [0.2, 0.25) is 0 Å². The molecule has 0 N–H and O–H groups in total. The summed E-state index contributed by atoms with van der Waals surface area (Å²) in [6, 6.07) is 11.8. The number of aromatic nitrogens is 3. The van der Waals surface area contributed by atoms with Crippen LogP contribution in [0.1, 0.15) is 38.2 Å². The molecule has 0 unspecified atom stereocenters. The Morgan fingerprint density at radius 1 is 1.00 bits per heavy atom. The lowest BCUT2D eigenvalue weighted by Crippen LogP contribution is -2.50. The Kier molecular flexibility index (Phi) is 5.06. The van der Waals surface area contributed by atoms with E-state index in [1.54, 1.807) is 14.5 Å². The molecule has 0 radical (unpaired) electrons. The van der Waals surface area contributed by atoms with Crippen molar-refractivity contribution in [3.05, 3.63) is 69.7 Å². The third-order valence-corrected chi connectivity index (χ3v) is 6.28. The molecule has 4 heterocycles. The number of thiophene rings is 1. The summed E-state index contributed by atoms with van der Waals surface area (Å²) in [7, 11) is 0. The summed E-state index contributed by atoms with van der Waals surface area (Å²) in [5.41, 5.74) is 2.85. The van der Waals surface area contributed by atoms with Crippen LogP contribution >= 0.6 is 11.3 Å². The number of rotatable bonds is 3. The summed E-state index contributed by atoms with van der Waals surface area (Å²) >= 11 is 1.51. The quantitative estimate of drug-likeness (QED) is 0.645. The number of hydrogen-bond acceptors (Lipinski definition) is 6. The molecule has 3 aromatic rings. The minimum atomic E-state index is -0.152. The minimum Gasteiger partial charge on any atom is -0.365 e. The lowest BCUT2D eigenvalue weighted by molar-refractivity contribution is -0.00202. The highest BCUT2D eigenvalue weighted by Gasteiger charge is 2.32. The fourth-order valence-corrected chi connectivity index (χ4v) is 4.51. The van der Waals surface area contributed by atoms with Crippen molar-refractivity contribution in [2.45, 2.75) is 19.3 Å². The summed E-state index contributed by atoms with van der Waals surface area (Å²) < 4.78 is 7.76. The predicted molar refractivity (Wildman–Crippen MR) is 110 cm³/mol. The van der Waals surface area contributed by atoms with Crippen molar-refractivity contribution in [3.63, 3.8) is 0 Å². The Balaban J connectivity index is 1.24. The molecule has 0 bridgehead atoms. The Morgan fingerprint density at radius 3 is 2.43 bits per heavy atom. The molecule has 1 atom stereocenters. The fourth-order valence-electron chi connectivity index (χ4n) is 3.88. The van der Waals surface area contributed by atoms with Gasteiger partial charge in [-0.15, -0.1) is 5.10 Å². The maximum absolute atomic E-state index is 13.0. The summed E-state index contributed by atoms with van der Waals surface area (Å²) in [6.45, 7) is 2.81. The van der Waals surface area contributed by atoms with Crippen LogP contribution in [0.25, 0.3) is 0 Å². The van der Waals surface area contributed by atoms with E-state index in [0.717, 1.165) is 5.56 Å². The van der Waals surface area contributed by atoms with Crippen LogP contribution in [0.2, 0.25) is 0 Å². The summed E-state index contributed by atoms with van der Waals surface area (Å²) in [5, 5.41) is 12.1. The van der Waals surface area contributed by atoms with E-state index >= 15 is 0 Å². The third kappa shape index (κ3) is 3.50. The molecule has 0 saturated carbocycles. The van der Waals surface area contributed by atoms with E-state index in [-0.39, 0.29) is 17.9 Å². The number of ether oxygens (including phenoxy) is 1. The van der Waals surface area contributed by atoms with Gasteiger partial charge in [-0.3, -0.25) is 9.59 Å². The molecular formula is C21H21N5O3S. The molecule has 8 nitrogen and oxygen atoms in total. The predicted octanol–water partition coefficient (Wildman–Crippen LogP) is 2.21. The average molecular weight is 423 g/mol. The first-order chi connectivity index (χ1) is 14.7. The smallest absolute Gasteiger partial charge is 0.276 e. The van der Waals surface area contributed by atoms with Crippen molar-refractivity contribution >= 4 is 23.2 Å². The van der Waals surface area contributed by atoms with Gasteiger partial charge in [0.15, 0.2) is 5.69 Å². The molecule has 5 rings (SSSR count). The SMILES string of the molecule is O=C(c1ccsc1)N1CCN(C(=O)c2nnn3c2CO[C@H](c2ccccc2)C3)CC1. The molecule has 154 valence electrons. The summed E-state index contributed by atoms with van der Waals surface area (Å²) in [5.74, 6) is -0.134. The normalized spacial score (nSPS) is 18.9. The molecule has 30 heavy (non-hydrogen) atoms. The number of carbonyl (C=O) groups is 2. The number of carbonyl (C=O) groups excluding carboxylic acids is 2. The van der Waals surface area contributed by atoms with Crippen LogP contribution in [-0.4, -0.2) is 62.8 Å². The van der Waals surface area contributed by atoms with Crippen LogP contribution in [0.5, 0.6) is 0 Å². The first-order valence-corrected chi connectivity index (χ1v) is 10.8. The zero-order valence-electron chi connectivity index (χ0n) is 16.3. The highest BCUT2D eigenvalue weighted by Crippen LogP contribution is 2.27. The van der Waals surface area contributed by atoms with Crippen molar-refractivity contribution in [1.82, 2.24) is 24.8 Å². The Hall–Kier alpha value is -3.04. The van der Waals surface area contributed by atoms with Crippen LogP contribution in [0.4, 0.5) is 0 Å². The molecule has 1 aromatic carbocycles. The maximum Gasteiger partial charge on any atom is 0.276 e. The van der Waals surface area contributed by atoms with Crippen molar-refractivity contribution in [3.8, 4) is 0 Å². The zero-order valence-corrected chi connectivity index (χ0v) is 17.1. The second-order valence-electron chi connectivity index (χ2n) is 7.37. The molecule has 0 spiro atoms. The second-order valence-corrected chi connectivity index (χ2v) is 8.15. The highest BCUT2D eigenvalue weighted by atomic mass is 32.1. The van der Waals surface area contributed by atoms with Crippen LogP contribution in [-0.2, 0) is 17.9 Å². The molecule has 9 heteroatoms. The molecule has 1 saturated heterocycles. The number of hydrogen-bond donors (Lipinski definition) is 0. The van der Waals surface area contributed by atoms with E-state index in [0.29, 0.717) is 56.3 Å². The van der Waals surface area contributed by atoms with Crippen LogP contribution < -0.4 is 0 Å². The number of fused-ring (bicyclic) bond motifs is 1. The lowest BCUT2D eigenvalue weighted by atomic mass is 10.1. The third-order valence-electron chi connectivity index (χ3n) is 5.59. The van der Waals surface area contributed by atoms with E-state index in [4.69, 9.17) is 4.74 Å². The topological polar surface area (TPSA) is 80.6 Å². The van der Waals surface area contributed by atoms with Gasteiger partial charge in [0, 0.05) is 31.6 Å². The molecule has 2 aliphatic heterocycles. The van der Waals surface area contributed by atoms with Gasteiger partial charge in [0.05, 0.1) is 24.4 Å². The van der Waals surface area contributed by atoms with E-state index in [2.05, 4.69) is 10.3 Å². The Bertz CT molecular complexity index is 1040. The summed E-state index contributed by atoms with van der Waals surface area (Å²) in [6.07, 6.45) is -0.102. The van der Waals surface area contributed by atoms with Gasteiger partial charge in [0.1, 0.15) is 6.10 Å². The van der Waals surface area contributed by atoms with Gasteiger partial charge < -0.3 is 14.5 Å². The van der Waals surface area contributed by atoms with Gasteiger partial charge in [0.25, 0.3) is 11.8 Å². The molecule has 2 aliphatic rings. The van der Waals surface area contributed by atoms with Gasteiger partial charge in [-0.1, -0.05) is 35.5 Å². The van der Waals surface area contributed by atoms with E-state index < -0.39 is 0 Å². The lowest BCUT2D eigenvalue weighted by Gasteiger charge is -2.34. The van der Waals surface area contributed by atoms with Gasteiger partial charge in [-0.2, -0.15) is 11.3 Å². The zero-order chi connectivity index (χ0) is 20.5. The van der Waals surface area contributed by atoms with Crippen molar-refractivity contribution in [2.75, 3.05) is 26.2 Å². The molecule has 1 fully saturated rings.